The Morgan fingerprint density at radius 1 is 1.32 bits per heavy atom. The first-order valence-electron chi connectivity index (χ1n) is 7.29. The third-order valence-electron chi connectivity index (χ3n) is 4.07. The van der Waals surface area contributed by atoms with Gasteiger partial charge in [0.05, 0.1) is 18.6 Å². The largest absolute Gasteiger partial charge is 0.481 e. The lowest BCUT2D eigenvalue weighted by molar-refractivity contribution is -0.141. The number of carboxylic acids is 1. The number of hydrogen-bond donors (Lipinski definition) is 2. The molecule has 1 aliphatic rings. The minimum atomic E-state index is -0.818. The van der Waals surface area contributed by atoms with Crippen molar-refractivity contribution in [1.82, 2.24) is 5.32 Å². The Balaban J connectivity index is 2.00. The molecule has 1 fully saturated rings. The van der Waals surface area contributed by atoms with E-state index in [1.165, 1.54) is 0 Å². The Morgan fingerprint density at radius 3 is 2.50 bits per heavy atom. The molecule has 2 N–H and O–H groups in total. The molecule has 3 atom stereocenters. The highest BCUT2D eigenvalue weighted by molar-refractivity contribution is 6.30. The SMILES string of the molecule is COCC(NC(=O)[C@@H]1CC[C@H](C(=O)O)C1)c1ccc(Cl)cc1. The van der Waals surface area contributed by atoms with Gasteiger partial charge in [0, 0.05) is 18.1 Å². The number of nitrogens with one attached hydrogen (secondary N) is 1. The van der Waals surface area contributed by atoms with Crippen LogP contribution in [0.4, 0.5) is 0 Å². The van der Waals surface area contributed by atoms with Crippen molar-refractivity contribution in [1.29, 1.82) is 0 Å². The Bertz CT molecular complexity index is 531. The normalized spacial score (nSPS) is 22.3. The maximum atomic E-state index is 12.4. The smallest absolute Gasteiger partial charge is 0.306 e. The summed E-state index contributed by atoms with van der Waals surface area (Å²) in [6, 6.07) is 6.96. The highest BCUT2D eigenvalue weighted by atomic mass is 35.5. The molecular weight excluding hydrogens is 306 g/mol. The van der Waals surface area contributed by atoms with Crippen LogP contribution in [-0.4, -0.2) is 30.7 Å². The summed E-state index contributed by atoms with van der Waals surface area (Å²) in [5.41, 5.74) is 0.910. The topological polar surface area (TPSA) is 75.6 Å². The summed E-state index contributed by atoms with van der Waals surface area (Å²) in [5.74, 6) is -1.58. The van der Waals surface area contributed by atoms with Crippen molar-refractivity contribution in [3.63, 3.8) is 0 Å². The number of carbonyl (C=O) groups is 2. The van der Waals surface area contributed by atoms with E-state index in [1.807, 2.05) is 12.1 Å². The van der Waals surface area contributed by atoms with Crippen molar-refractivity contribution in [3.05, 3.63) is 34.9 Å². The Kier molecular flexibility index (Phi) is 5.80. The second-order valence-corrected chi connectivity index (χ2v) is 6.05. The van der Waals surface area contributed by atoms with E-state index in [-0.39, 0.29) is 17.9 Å². The van der Waals surface area contributed by atoms with Crippen LogP contribution in [0.5, 0.6) is 0 Å². The average molecular weight is 326 g/mol. The van der Waals surface area contributed by atoms with Crippen LogP contribution in [0.1, 0.15) is 30.9 Å². The van der Waals surface area contributed by atoms with Gasteiger partial charge in [-0.2, -0.15) is 0 Å². The molecule has 0 saturated heterocycles. The molecule has 6 heteroatoms. The van der Waals surface area contributed by atoms with E-state index < -0.39 is 11.9 Å². The molecule has 1 saturated carbocycles. The predicted molar refractivity (Wildman–Crippen MR) is 82.7 cm³/mol. The molecule has 0 bridgehead atoms. The first-order chi connectivity index (χ1) is 10.5. The van der Waals surface area contributed by atoms with Crippen LogP contribution in [0.2, 0.25) is 5.02 Å². The molecule has 1 aromatic rings. The molecule has 2 rings (SSSR count). The van der Waals surface area contributed by atoms with Gasteiger partial charge in [0.1, 0.15) is 0 Å². The lowest BCUT2D eigenvalue weighted by Crippen LogP contribution is -2.35. The van der Waals surface area contributed by atoms with Crippen LogP contribution in [0.3, 0.4) is 0 Å². The highest BCUT2D eigenvalue weighted by Gasteiger charge is 2.34. The number of carbonyl (C=O) groups excluding carboxylic acids is 1. The van der Waals surface area contributed by atoms with Crippen LogP contribution in [-0.2, 0) is 14.3 Å². The van der Waals surface area contributed by atoms with Gasteiger partial charge >= 0.3 is 5.97 Å². The summed E-state index contributed by atoms with van der Waals surface area (Å²) >= 11 is 5.87. The third-order valence-corrected chi connectivity index (χ3v) is 4.33. The number of ether oxygens (including phenoxy) is 1. The molecule has 22 heavy (non-hydrogen) atoms. The lowest BCUT2D eigenvalue weighted by atomic mass is 10.0. The molecule has 1 aliphatic carbocycles. The Hall–Kier alpha value is -1.59. The third kappa shape index (κ3) is 4.21. The molecule has 0 radical (unpaired) electrons. The van der Waals surface area contributed by atoms with Gasteiger partial charge in [-0.1, -0.05) is 23.7 Å². The van der Waals surface area contributed by atoms with E-state index in [2.05, 4.69) is 5.32 Å². The van der Waals surface area contributed by atoms with Crippen LogP contribution < -0.4 is 5.32 Å². The van der Waals surface area contributed by atoms with Crippen LogP contribution in [0, 0.1) is 11.8 Å². The zero-order valence-electron chi connectivity index (χ0n) is 12.4. The van der Waals surface area contributed by atoms with Crippen molar-refractivity contribution < 1.29 is 19.4 Å². The minimum absolute atomic E-state index is 0.110. The summed E-state index contributed by atoms with van der Waals surface area (Å²) < 4.78 is 5.17. The van der Waals surface area contributed by atoms with Gasteiger partial charge in [-0.05, 0) is 37.0 Å². The summed E-state index contributed by atoms with van der Waals surface area (Å²) in [7, 11) is 1.57. The van der Waals surface area contributed by atoms with Crippen LogP contribution >= 0.6 is 11.6 Å². The van der Waals surface area contributed by atoms with Crippen LogP contribution in [0.15, 0.2) is 24.3 Å². The molecule has 1 amide bonds. The molecular formula is C16H20ClNO4. The van der Waals surface area contributed by atoms with E-state index in [9.17, 15) is 9.59 Å². The maximum Gasteiger partial charge on any atom is 0.306 e. The Morgan fingerprint density at radius 2 is 1.95 bits per heavy atom. The first-order valence-corrected chi connectivity index (χ1v) is 7.66. The molecule has 120 valence electrons. The summed E-state index contributed by atoms with van der Waals surface area (Å²) in [6.45, 7) is 0.350. The predicted octanol–water partition coefficient (Wildman–Crippen LogP) is 2.64. The molecule has 5 nitrogen and oxygen atoms in total. The fourth-order valence-corrected chi connectivity index (χ4v) is 2.94. The Labute approximate surface area is 134 Å². The number of aliphatic carboxylic acids is 1. The summed E-state index contributed by atoms with van der Waals surface area (Å²) in [5, 5.41) is 12.6. The lowest BCUT2D eigenvalue weighted by Gasteiger charge is -2.21. The quantitative estimate of drug-likeness (QED) is 0.843. The fourth-order valence-electron chi connectivity index (χ4n) is 2.82. The van der Waals surface area contributed by atoms with E-state index in [1.54, 1.807) is 19.2 Å². The molecule has 0 spiro atoms. The van der Waals surface area contributed by atoms with Crippen molar-refractivity contribution >= 4 is 23.5 Å². The number of hydrogen-bond acceptors (Lipinski definition) is 3. The molecule has 0 aromatic heterocycles. The van der Waals surface area contributed by atoms with E-state index in [0.717, 1.165) is 5.56 Å². The van der Waals surface area contributed by atoms with E-state index >= 15 is 0 Å². The summed E-state index contributed by atoms with van der Waals surface area (Å²) in [6.07, 6.45) is 1.58. The number of halogens is 1. The van der Waals surface area contributed by atoms with Gasteiger partial charge in [-0.15, -0.1) is 0 Å². The number of methoxy groups -OCH3 is 1. The molecule has 0 aliphatic heterocycles. The second kappa shape index (κ2) is 7.61. The van der Waals surface area contributed by atoms with Crippen LogP contribution in [0.25, 0.3) is 0 Å². The van der Waals surface area contributed by atoms with Gasteiger partial charge in [0.2, 0.25) is 5.91 Å². The van der Waals surface area contributed by atoms with Crippen molar-refractivity contribution in [2.45, 2.75) is 25.3 Å². The molecule has 0 heterocycles. The fraction of sp³-hybridized carbons (Fsp3) is 0.500. The van der Waals surface area contributed by atoms with Gasteiger partial charge in [0.15, 0.2) is 0 Å². The molecule has 1 unspecified atom stereocenters. The summed E-state index contributed by atoms with van der Waals surface area (Å²) in [4.78, 5) is 23.3. The van der Waals surface area contributed by atoms with Crippen molar-refractivity contribution in [3.8, 4) is 0 Å². The standard InChI is InChI=1S/C16H20ClNO4/c1-22-9-14(10-4-6-13(17)7-5-10)18-15(19)11-2-3-12(8-11)16(20)21/h4-7,11-12,14H,2-3,8-9H2,1H3,(H,18,19)(H,20,21)/t11-,12+,14?/m1/s1. The highest BCUT2D eigenvalue weighted by Crippen LogP contribution is 2.31. The second-order valence-electron chi connectivity index (χ2n) is 5.61. The number of rotatable bonds is 6. The van der Waals surface area contributed by atoms with Gasteiger partial charge in [-0.3, -0.25) is 9.59 Å². The molecule has 1 aromatic carbocycles. The zero-order valence-corrected chi connectivity index (χ0v) is 13.2. The van der Waals surface area contributed by atoms with Gasteiger partial charge in [0.25, 0.3) is 0 Å². The van der Waals surface area contributed by atoms with Gasteiger partial charge in [-0.25, -0.2) is 0 Å². The maximum absolute atomic E-state index is 12.4. The number of carboxylic acid groups (broad SMARTS) is 1. The van der Waals surface area contributed by atoms with Gasteiger partial charge < -0.3 is 15.2 Å². The van der Waals surface area contributed by atoms with E-state index in [0.29, 0.717) is 30.9 Å². The minimum Gasteiger partial charge on any atom is -0.481 e. The van der Waals surface area contributed by atoms with E-state index in [4.69, 9.17) is 21.4 Å². The number of amides is 1. The van der Waals surface area contributed by atoms with Crippen molar-refractivity contribution in [2.24, 2.45) is 11.8 Å². The monoisotopic (exact) mass is 325 g/mol. The number of benzene rings is 1. The zero-order chi connectivity index (χ0) is 16.1. The average Bonchev–Trinajstić information content (AvgIpc) is 2.98. The first kappa shape index (κ1) is 16.8. The van der Waals surface area contributed by atoms with Crippen molar-refractivity contribution in [2.75, 3.05) is 13.7 Å².